The van der Waals surface area contributed by atoms with Gasteiger partial charge in [0.15, 0.2) is 0 Å². The van der Waals surface area contributed by atoms with Crippen LogP contribution in [-0.2, 0) is 14.4 Å². The van der Waals surface area contributed by atoms with Crippen molar-refractivity contribution in [2.24, 2.45) is 5.16 Å². The van der Waals surface area contributed by atoms with Gasteiger partial charge in [0, 0.05) is 37.5 Å². The van der Waals surface area contributed by atoms with Crippen LogP contribution in [0.3, 0.4) is 0 Å². The van der Waals surface area contributed by atoms with Crippen LogP contribution in [-0.4, -0.2) is 73.3 Å². The maximum absolute atomic E-state index is 13.3. The quantitative estimate of drug-likeness (QED) is 0.696. The largest absolute Gasteiger partial charge is 0.399 e. The van der Waals surface area contributed by atoms with E-state index >= 15 is 0 Å². The van der Waals surface area contributed by atoms with Gasteiger partial charge in [0.25, 0.3) is 5.91 Å². The summed E-state index contributed by atoms with van der Waals surface area (Å²) in [6, 6.07) is 17.4. The van der Waals surface area contributed by atoms with E-state index in [1.807, 2.05) is 59.5 Å². The molecule has 2 aliphatic rings. The molecule has 2 aliphatic heterocycles. The third-order valence-electron chi connectivity index (χ3n) is 5.76. The number of amides is 2. The number of hydrogen-bond acceptors (Lipinski definition) is 5. The zero-order valence-corrected chi connectivity index (χ0v) is 17.7. The van der Waals surface area contributed by atoms with Gasteiger partial charge < -0.3 is 19.4 Å². The van der Waals surface area contributed by atoms with Gasteiger partial charge in [0.05, 0.1) is 25.5 Å². The first-order valence-corrected chi connectivity index (χ1v) is 10.6. The molecule has 2 saturated heterocycles. The van der Waals surface area contributed by atoms with Gasteiger partial charge in [-0.3, -0.25) is 9.59 Å². The molecule has 1 atom stereocenters. The molecule has 0 aromatic heterocycles. The zero-order valence-electron chi connectivity index (χ0n) is 17.7. The number of benzene rings is 2. The Balaban J connectivity index is 1.49. The van der Waals surface area contributed by atoms with E-state index in [1.54, 1.807) is 4.90 Å². The van der Waals surface area contributed by atoms with Crippen molar-refractivity contribution >= 4 is 17.5 Å². The number of ether oxygens (including phenoxy) is 1. The molecule has 0 aliphatic carbocycles. The number of oxime groups is 1. The molecular formula is C24H27N3O4. The summed E-state index contributed by atoms with van der Waals surface area (Å²) in [5.74, 6) is -0.0510. The third-order valence-corrected chi connectivity index (χ3v) is 5.76. The maximum atomic E-state index is 13.3. The zero-order chi connectivity index (χ0) is 21.6. The second kappa shape index (κ2) is 9.75. The molecule has 2 aromatic rings. The lowest BCUT2D eigenvalue weighted by atomic mass is 10.0. The van der Waals surface area contributed by atoms with E-state index in [2.05, 4.69) is 5.16 Å². The first-order valence-electron chi connectivity index (χ1n) is 10.6. The molecule has 0 radical (unpaired) electrons. The molecule has 0 spiro atoms. The summed E-state index contributed by atoms with van der Waals surface area (Å²) in [6.07, 6.45) is 0.814. The Morgan fingerprint density at radius 1 is 1.03 bits per heavy atom. The Morgan fingerprint density at radius 2 is 1.71 bits per heavy atom. The summed E-state index contributed by atoms with van der Waals surface area (Å²) in [5, 5.41) is 4.05. The Morgan fingerprint density at radius 3 is 2.39 bits per heavy atom. The normalized spacial score (nSPS) is 20.2. The molecule has 0 unspecified atom stereocenters. The van der Waals surface area contributed by atoms with Gasteiger partial charge >= 0.3 is 0 Å². The Kier molecular flexibility index (Phi) is 6.62. The summed E-state index contributed by atoms with van der Waals surface area (Å²) in [6.45, 7) is 2.68. The molecule has 0 bridgehead atoms. The monoisotopic (exact) mass is 421 g/mol. The van der Waals surface area contributed by atoms with E-state index in [4.69, 9.17) is 9.57 Å². The van der Waals surface area contributed by atoms with Crippen molar-refractivity contribution in [3.05, 3.63) is 60.2 Å². The van der Waals surface area contributed by atoms with Crippen molar-refractivity contribution < 1.29 is 19.2 Å². The molecule has 2 aromatic carbocycles. The molecule has 7 heteroatoms. The maximum Gasteiger partial charge on any atom is 0.254 e. The lowest BCUT2D eigenvalue weighted by Crippen LogP contribution is -2.44. The topological polar surface area (TPSA) is 71.4 Å². The average Bonchev–Trinajstić information content (AvgIpc) is 3.22. The van der Waals surface area contributed by atoms with Gasteiger partial charge in [-0.15, -0.1) is 0 Å². The first kappa shape index (κ1) is 21.1. The van der Waals surface area contributed by atoms with Gasteiger partial charge in [-0.1, -0.05) is 47.6 Å². The van der Waals surface area contributed by atoms with Gasteiger partial charge in [-0.2, -0.15) is 0 Å². The predicted octanol–water partition coefficient (Wildman–Crippen LogP) is 2.82. The number of rotatable bonds is 5. The van der Waals surface area contributed by atoms with Gasteiger partial charge in [-0.05, 0) is 23.3 Å². The fourth-order valence-corrected chi connectivity index (χ4v) is 4.13. The first-order chi connectivity index (χ1) is 15.2. The molecule has 162 valence electrons. The highest BCUT2D eigenvalue weighted by Gasteiger charge is 2.36. The smallest absolute Gasteiger partial charge is 0.254 e. The van der Waals surface area contributed by atoms with E-state index in [9.17, 15) is 9.59 Å². The lowest BCUT2D eigenvalue weighted by Gasteiger charge is -2.30. The summed E-state index contributed by atoms with van der Waals surface area (Å²) in [4.78, 5) is 34.6. The van der Waals surface area contributed by atoms with Crippen LogP contribution < -0.4 is 0 Å². The van der Waals surface area contributed by atoms with Crippen LogP contribution in [0.4, 0.5) is 0 Å². The number of likely N-dealkylation sites (tertiary alicyclic amines) is 1. The molecule has 0 saturated carbocycles. The molecule has 2 fully saturated rings. The van der Waals surface area contributed by atoms with E-state index in [1.165, 1.54) is 7.11 Å². The van der Waals surface area contributed by atoms with E-state index in [0.29, 0.717) is 44.8 Å². The van der Waals surface area contributed by atoms with E-state index in [0.717, 1.165) is 16.8 Å². The van der Waals surface area contributed by atoms with Crippen LogP contribution in [0, 0.1) is 0 Å². The standard InChI is InChI=1S/C24H27N3O4/c1-30-25-21-15-22(16-23(28)26-11-13-31-14-12-26)27(17-21)24(29)20-9-7-19(8-10-20)18-5-3-2-4-6-18/h2-10,22H,11-17H2,1H3/t22-/m0/s1. The van der Waals surface area contributed by atoms with E-state index < -0.39 is 0 Å². The van der Waals surface area contributed by atoms with Crippen LogP contribution >= 0.6 is 0 Å². The molecule has 4 rings (SSSR count). The van der Waals surface area contributed by atoms with Gasteiger partial charge in [-0.25, -0.2) is 0 Å². The molecule has 2 amide bonds. The second-order valence-corrected chi connectivity index (χ2v) is 7.77. The van der Waals surface area contributed by atoms with Gasteiger partial charge in [0.1, 0.15) is 7.11 Å². The fraction of sp³-hybridized carbons (Fsp3) is 0.375. The summed E-state index contributed by atoms with van der Waals surface area (Å²) in [5.41, 5.74) is 3.53. The minimum atomic E-state index is -0.231. The van der Waals surface area contributed by atoms with Gasteiger partial charge in [0.2, 0.25) is 5.91 Å². The number of nitrogens with zero attached hydrogens (tertiary/aromatic N) is 3. The third kappa shape index (κ3) is 4.94. The van der Waals surface area contributed by atoms with Crippen LogP contribution in [0.5, 0.6) is 0 Å². The van der Waals surface area contributed by atoms with Crippen LogP contribution in [0.2, 0.25) is 0 Å². The summed E-state index contributed by atoms with van der Waals surface area (Å²) in [7, 11) is 1.49. The highest BCUT2D eigenvalue weighted by atomic mass is 16.6. The van der Waals surface area contributed by atoms with Crippen molar-refractivity contribution in [3.63, 3.8) is 0 Å². The molecule has 31 heavy (non-hydrogen) atoms. The van der Waals surface area contributed by atoms with Crippen molar-refractivity contribution in [1.29, 1.82) is 0 Å². The summed E-state index contributed by atoms with van der Waals surface area (Å²) < 4.78 is 5.33. The number of morpholine rings is 1. The average molecular weight is 421 g/mol. The van der Waals surface area contributed by atoms with Crippen LogP contribution in [0.15, 0.2) is 59.8 Å². The van der Waals surface area contributed by atoms with Crippen LogP contribution in [0.25, 0.3) is 11.1 Å². The SMILES string of the molecule is CON=C1C[C@@H](CC(=O)N2CCOCC2)N(C(=O)c2ccc(-c3ccccc3)cc2)C1. The van der Waals surface area contributed by atoms with E-state index in [-0.39, 0.29) is 24.3 Å². The molecule has 2 heterocycles. The Hall–Kier alpha value is -3.19. The van der Waals surface area contributed by atoms with Crippen molar-refractivity contribution in [2.45, 2.75) is 18.9 Å². The Bertz CT molecular complexity index is 937. The number of hydrogen-bond donors (Lipinski definition) is 0. The highest BCUT2D eigenvalue weighted by Crippen LogP contribution is 2.25. The number of carbonyl (C=O) groups excluding carboxylic acids is 2. The molecule has 7 nitrogen and oxygen atoms in total. The minimum absolute atomic E-state index is 0.0455. The fourth-order valence-electron chi connectivity index (χ4n) is 4.13. The second-order valence-electron chi connectivity index (χ2n) is 7.77. The van der Waals surface area contributed by atoms with Crippen LogP contribution in [0.1, 0.15) is 23.2 Å². The molecular weight excluding hydrogens is 394 g/mol. The van der Waals surface area contributed by atoms with Crippen molar-refractivity contribution in [1.82, 2.24) is 9.80 Å². The predicted molar refractivity (Wildman–Crippen MR) is 118 cm³/mol. The minimum Gasteiger partial charge on any atom is -0.399 e. The Labute approximate surface area is 182 Å². The lowest BCUT2D eigenvalue weighted by molar-refractivity contribution is -0.136. The molecule has 0 N–H and O–H groups in total. The highest BCUT2D eigenvalue weighted by molar-refractivity contribution is 6.01. The summed E-state index contributed by atoms with van der Waals surface area (Å²) >= 11 is 0. The van der Waals surface area contributed by atoms with Crippen molar-refractivity contribution in [3.8, 4) is 11.1 Å². The number of carbonyl (C=O) groups is 2. The van der Waals surface area contributed by atoms with Crippen molar-refractivity contribution in [2.75, 3.05) is 40.0 Å².